The van der Waals surface area contributed by atoms with Crippen LogP contribution in [0.25, 0.3) is 0 Å². The highest BCUT2D eigenvalue weighted by Gasteiger charge is 2.26. The monoisotopic (exact) mass is 354 g/mol. The van der Waals surface area contributed by atoms with Gasteiger partial charge in [0.05, 0.1) is 6.54 Å². The van der Waals surface area contributed by atoms with Crippen LogP contribution in [-0.4, -0.2) is 31.7 Å². The van der Waals surface area contributed by atoms with Crippen LogP contribution in [0, 0.1) is 5.82 Å². The van der Waals surface area contributed by atoms with Crippen molar-refractivity contribution in [2.24, 2.45) is 0 Å². The molecular formula is C15H15FN2O3S2. The molecule has 1 amide bonds. The Kier molecular flexibility index (Phi) is 5.64. The zero-order valence-corrected chi connectivity index (χ0v) is 13.7. The van der Waals surface area contributed by atoms with Gasteiger partial charge >= 0.3 is 0 Å². The van der Waals surface area contributed by atoms with E-state index in [4.69, 9.17) is 0 Å². The molecule has 0 spiro atoms. The second-order valence-electron chi connectivity index (χ2n) is 4.57. The summed E-state index contributed by atoms with van der Waals surface area (Å²) in [6, 6.07) is 8.33. The molecule has 2 rings (SSSR count). The highest BCUT2D eigenvalue weighted by Crippen LogP contribution is 2.21. The lowest BCUT2D eigenvalue weighted by Crippen LogP contribution is -2.37. The van der Waals surface area contributed by atoms with E-state index >= 15 is 0 Å². The van der Waals surface area contributed by atoms with Gasteiger partial charge in [-0.2, -0.15) is 4.31 Å². The van der Waals surface area contributed by atoms with E-state index in [0.29, 0.717) is 5.69 Å². The summed E-state index contributed by atoms with van der Waals surface area (Å²) in [6.45, 7) is 3.17. The van der Waals surface area contributed by atoms with Crippen molar-refractivity contribution in [3.8, 4) is 0 Å². The largest absolute Gasteiger partial charge is 0.325 e. The van der Waals surface area contributed by atoms with Crippen molar-refractivity contribution in [2.75, 3.05) is 18.4 Å². The summed E-state index contributed by atoms with van der Waals surface area (Å²) >= 11 is 1.08. The third-order valence-corrected chi connectivity index (χ3v) is 6.05. The smallest absolute Gasteiger partial charge is 0.253 e. The van der Waals surface area contributed by atoms with Gasteiger partial charge in [0.1, 0.15) is 10.0 Å². The molecule has 0 fully saturated rings. The molecular weight excluding hydrogens is 339 g/mol. The molecule has 2 aromatic rings. The SMILES string of the molecule is C=CCN(CC(=O)Nc1ccc(F)cc1)S(=O)(=O)c1cccs1. The molecule has 0 aliphatic heterocycles. The number of hydrogen-bond acceptors (Lipinski definition) is 4. The van der Waals surface area contributed by atoms with Gasteiger partial charge in [-0.3, -0.25) is 4.79 Å². The van der Waals surface area contributed by atoms with E-state index in [1.165, 1.54) is 36.4 Å². The summed E-state index contributed by atoms with van der Waals surface area (Å²) in [6.07, 6.45) is 1.41. The maximum Gasteiger partial charge on any atom is 0.253 e. The zero-order chi connectivity index (χ0) is 16.9. The van der Waals surface area contributed by atoms with E-state index in [9.17, 15) is 17.6 Å². The van der Waals surface area contributed by atoms with Crippen LogP contribution >= 0.6 is 11.3 Å². The highest BCUT2D eigenvalue weighted by atomic mass is 32.2. The lowest BCUT2D eigenvalue weighted by molar-refractivity contribution is -0.116. The first kappa shape index (κ1) is 17.3. The minimum Gasteiger partial charge on any atom is -0.325 e. The Balaban J connectivity index is 2.11. The average molecular weight is 354 g/mol. The van der Waals surface area contributed by atoms with Crippen LogP contribution in [0.1, 0.15) is 0 Å². The third-order valence-electron chi connectivity index (χ3n) is 2.87. The summed E-state index contributed by atoms with van der Waals surface area (Å²) in [5.74, 6) is -0.935. The molecule has 0 bridgehead atoms. The lowest BCUT2D eigenvalue weighted by atomic mass is 10.3. The first-order chi connectivity index (χ1) is 10.9. The molecule has 0 unspecified atom stereocenters. The second kappa shape index (κ2) is 7.49. The molecule has 23 heavy (non-hydrogen) atoms. The first-order valence-electron chi connectivity index (χ1n) is 6.63. The van der Waals surface area contributed by atoms with E-state index in [1.54, 1.807) is 11.4 Å². The van der Waals surface area contributed by atoms with Crippen molar-refractivity contribution in [1.29, 1.82) is 0 Å². The molecule has 0 radical (unpaired) electrons. The number of sulfonamides is 1. The molecule has 8 heteroatoms. The summed E-state index contributed by atoms with van der Waals surface area (Å²) < 4.78 is 39.0. The number of halogens is 1. The number of hydrogen-bond donors (Lipinski definition) is 1. The maximum atomic E-state index is 12.8. The predicted octanol–water partition coefficient (Wildman–Crippen LogP) is 2.70. The Morgan fingerprint density at radius 2 is 2.00 bits per heavy atom. The standard InChI is InChI=1S/C15H15FN2O3S2/c1-2-9-18(23(20,21)15-4-3-10-22-15)11-14(19)17-13-7-5-12(16)6-8-13/h2-8,10H,1,9,11H2,(H,17,19). The number of benzene rings is 1. The summed E-state index contributed by atoms with van der Waals surface area (Å²) in [4.78, 5) is 12.1. The molecule has 1 heterocycles. The number of anilines is 1. The highest BCUT2D eigenvalue weighted by molar-refractivity contribution is 7.91. The Labute approximate surface area is 138 Å². The Bertz CT molecular complexity index is 772. The van der Waals surface area contributed by atoms with Gasteiger partial charge in [-0.05, 0) is 35.7 Å². The van der Waals surface area contributed by atoms with Crippen LogP contribution in [-0.2, 0) is 14.8 Å². The molecule has 0 atom stereocenters. The fourth-order valence-corrected chi connectivity index (χ4v) is 4.33. The van der Waals surface area contributed by atoms with Crippen molar-refractivity contribution < 1.29 is 17.6 Å². The van der Waals surface area contributed by atoms with Gasteiger partial charge in [0.2, 0.25) is 5.91 Å². The van der Waals surface area contributed by atoms with Crippen LogP contribution in [0.4, 0.5) is 10.1 Å². The van der Waals surface area contributed by atoms with Crippen molar-refractivity contribution in [3.63, 3.8) is 0 Å². The molecule has 1 aromatic carbocycles. The number of nitrogens with zero attached hydrogens (tertiary/aromatic N) is 1. The Morgan fingerprint density at radius 3 is 2.57 bits per heavy atom. The summed E-state index contributed by atoms with van der Waals surface area (Å²) in [5.41, 5.74) is 0.392. The van der Waals surface area contributed by atoms with Gasteiger partial charge in [0, 0.05) is 12.2 Å². The van der Waals surface area contributed by atoms with Gasteiger partial charge in [-0.1, -0.05) is 12.1 Å². The topological polar surface area (TPSA) is 66.5 Å². The van der Waals surface area contributed by atoms with E-state index in [1.807, 2.05) is 0 Å². The molecule has 0 saturated carbocycles. The third kappa shape index (κ3) is 4.47. The van der Waals surface area contributed by atoms with Gasteiger partial charge < -0.3 is 5.32 Å². The first-order valence-corrected chi connectivity index (χ1v) is 8.95. The van der Waals surface area contributed by atoms with Crippen LogP contribution in [0.2, 0.25) is 0 Å². The predicted molar refractivity (Wildman–Crippen MR) is 88.3 cm³/mol. The van der Waals surface area contributed by atoms with Crippen molar-refractivity contribution in [1.82, 2.24) is 4.31 Å². The Morgan fingerprint density at radius 1 is 1.30 bits per heavy atom. The van der Waals surface area contributed by atoms with E-state index in [0.717, 1.165) is 15.6 Å². The number of thiophene rings is 1. The van der Waals surface area contributed by atoms with Gasteiger partial charge in [-0.25, -0.2) is 12.8 Å². The van der Waals surface area contributed by atoms with E-state index in [-0.39, 0.29) is 17.3 Å². The van der Waals surface area contributed by atoms with Gasteiger partial charge in [0.25, 0.3) is 10.0 Å². The van der Waals surface area contributed by atoms with Crippen LogP contribution < -0.4 is 5.32 Å². The van der Waals surface area contributed by atoms with Gasteiger partial charge in [0.15, 0.2) is 0 Å². The van der Waals surface area contributed by atoms with Crippen molar-refractivity contribution in [2.45, 2.75) is 4.21 Å². The van der Waals surface area contributed by atoms with Crippen molar-refractivity contribution in [3.05, 3.63) is 60.3 Å². The minimum absolute atomic E-state index is 0.0110. The summed E-state index contributed by atoms with van der Waals surface area (Å²) in [7, 11) is -3.75. The molecule has 1 N–H and O–H groups in total. The molecule has 5 nitrogen and oxygen atoms in total. The van der Waals surface area contributed by atoms with Crippen LogP contribution in [0.5, 0.6) is 0 Å². The fourth-order valence-electron chi connectivity index (χ4n) is 1.82. The van der Waals surface area contributed by atoms with Crippen molar-refractivity contribution >= 4 is 33.0 Å². The number of carbonyl (C=O) groups excluding carboxylic acids is 1. The molecule has 1 aromatic heterocycles. The molecule has 0 aliphatic rings. The lowest BCUT2D eigenvalue weighted by Gasteiger charge is -2.19. The number of rotatable bonds is 7. The fraction of sp³-hybridized carbons (Fsp3) is 0.133. The minimum atomic E-state index is -3.75. The maximum absolute atomic E-state index is 12.8. The quantitative estimate of drug-likeness (QED) is 0.778. The Hall–Kier alpha value is -2.03. The number of amides is 1. The van der Waals surface area contributed by atoms with E-state index in [2.05, 4.69) is 11.9 Å². The van der Waals surface area contributed by atoms with Gasteiger partial charge in [-0.15, -0.1) is 17.9 Å². The molecule has 0 saturated heterocycles. The number of carbonyl (C=O) groups is 1. The number of nitrogens with one attached hydrogen (secondary N) is 1. The summed E-state index contributed by atoms with van der Waals surface area (Å²) in [5, 5.41) is 4.18. The normalized spacial score (nSPS) is 11.4. The average Bonchev–Trinajstić information content (AvgIpc) is 3.04. The van der Waals surface area contributed by atoms with E-state index < -0.39 is 21.7 Å². The molecule has 0 aliphatic carbocycles. The van der Waals surface area contributed by atoms with Crippen LogP contribution in [0.15, 0.2) is 58.6 Å². The zero-order valence-electron chi connectivity index (χ0n) is 12.1. The molecule has 122 valence electrons. The van der Waals surface area contributed by atoms with Crippen LogP contribution in [0.3, 0.4) is 0 Å². The second-order valence-corrected chi connectivity index (χ2v) is 7.69.